The minimum atomic E-state index is -2.52. The lowest BCUT2D eigenvalue weighted by Crippen LogP contribution is -1.97. The number of hydrogen-bond acceptors (Lipinski definition) is 2. The molecule has 7 heteroatoms. The number of halogens is 3. The van der Waals surface area contributed by atoms with Crippen LogP contribution in [-0.2, 0) is 0 Å². The second kappa shape index (κ2) is 6.89. The number of thioether (sulfide) groups is 1. The number of nitrogens with zero attached hydrogens (tertiary/aromatic N) is 1. The van der Waals surface area contributed by atoms with E-state index in [1.165, 1.54) is 12.1 Å². The van der Waals surface area contributed by atoms with Gasteiger partial charge in [-0.15, -0.1) is 11.8 Å². The highest BCUT2D eigenvalue weighted by atomic mass is 32.2. The summed E-state index contributed by atoms with van der Waals surface area (Å²) in [5.74, 6) is -0.969. The molecule has 122 valence electrons. The zero-order chi connectivity index (χ0) is 17.1. The molecule has 0 unspecified atom stereocenters. The van der Waals surface area contributed by atoms with Gasteiger partial charge >= 0.3 is 0 Å². The third-order valence-electron chi connectivity index (χ3n) is 3.24. The van der Waals surface area contributed by atoms with Crippen molar-refractivity contribution < 1.29 is 17.9 Å². The Morgan fingerprint density at radius 2 is 2.08 bits per heavy atom. The number of alkyl halides is 2. The quantitative estimate of drug-likeness (QED) is 0.452. The number of aromatic nitrogens is 1. The Kier molecular flexibility index (Phi) is 4.67. The number of rotatable bonds is 5. The van der Waals surface area contributed by atoms with E-state index in [9.17, 15) is 13.2 Å². The van der Waals surface area contributed by atoms with E-state index in [4.69, 9.17) is 11.3 Å². The summed E-state index contributed by atoms with van der Waals surface area (Å²) in [6.07, 6.45) is -0.912. The molecule has 24 heavy (non-hydrogen) atoms. The largest absolute Gasteiger partial charge is 0.454 e. The average Bonchev–Trinajstić information content (AvgIpc) is 3.02. The average molecular weight is 348 g/mol. The van der Waals surface area contributed by atoms with E-state index in [1.54, 1.807) is 30.5 Å². The SMILES string of the molecule is [C-]#[N+]c1cccc(Oc2c(F)cc3[nH]ccc3c2SCC(F)F)c1. The van der Waals surface area contributed by atoms with E-state index in [0.29, 0.717) is 21.5 Å². The molecule has 0 spiro atoms. The van der Waals surface area contributed by atoms with Gasteiger partial charge in [0.15, 0.2) is 17.3 Å². The molecule has 1 N–H and O–H groups in total. The summed E-state index contributed by atoms with van der Waals surface area (Å²) in [4.78, 5) is 6.45. The van der Waals surface area contributed by atoms with Crippen molar-refractivity contribution in [2.75, 3.05) is 5.75 Å². The van der Waals surface area contributed by atoms with Crippen molar-refractivity contribution in [1.29, 1.82) is 0 Å². The Bertz CT molecular complexity index is 918. The third kappa shape index (κ3) is 3.34. The van der Waals surface area contributed by atoms with Crippen molar-refractivity contribution in [3.05, 3.63) is 59.8 Å². The molecule has 0 amide bonds. The maximum atomic E-state index is 14.4. The molecule has 0 radical (unpaired) electrons. The molecule has 2 aromatic carbocycles. The second-order valence-corrected chi connectivity index (χ2v) is 5.90. The monoisotopic (exact) mass is 348 g/mol. The highest BCUT2D eigenvalue weighted by Gasteiger charge is 2.19. The zero-order valence-corrected chi connectivity index (χ0v) is 13.0. The summed E-state index contributed by atoms with van der Waals surface area (Å²) in [7, 11) is 0. The number of hydrogen-bond donors (Lipinski definition) is 1. The molecule has 0 bridgehead atoms. The van der Waals surface area contributed by atoms with Gasteiger partial charge in [0.1, 0.15) is 5.75 Å². The Labute approximate surface area is 140 Å². The molecular formula is C17H11F3N2OS. The standard InChI is InChI=1S/C17H11F3N2OS/c1-21-10-3-2-4-11(7-10)23-16-13(18)8-14-12(5-6-22-14)17(16)24-9-15(19)20/h2-8,15,22H,9H2. The summed E-state index contributed by atoms with van der Waals surface area (Å²) < 4.78 is 45.3. The van der Waals surface area contributed by atoms with E-state index >= 15 is 0 Å². The predicted octanol–water partition coefficient (Wildman–Crippen LogP) is 6.01. The molecule has 3 rings (SSSR count). The van der Waals surface area contributed by atoms with Gasteiger partial charge in [0.2, 0.25) is 6.43 Å². The molecule has 1 heterocycles. The van der Waals surface area contributed by atoms with Gasteiger partial charge in [0, 0.05) is 23.2 Å². The molecule has 0 saturated carbocycles. The van der Waals surface area contributed by atoms with Crippen molar-refractivity contribution in [3.63, 3.8) is 0 Å². The van der Waals surface area contributed by atoms with Crippen LogP contribution in [-0.4, -0.2) is 17.2 Å². The lowest BCUT2D eigenvalue weighted by Gasteiger charge is -2.13. The number of H-pyrrole nitrogens is 1. The van der Waals surface area contributed by atoms with Crippen molar-refractivity contribution >= 4 is 28.4 Å². The molecule has 0 atom stereocenters. The summed E-state index contributed by atoms with van der Waals surface area (Å²) in [6.45, 7) is 7.01. The third-order valence-corrected chi connectivity index (χ3v) is 4.35. The topological polar surface area (TPSA) is 29.4 Å². The minimum Gasteiger partial charge on any atom is -0.454 e. The van der Waals surface area contributed by atoms with Crippen LogP contribution in [0.5, 0.6) is 11.5 Å². The second-order valence-electron chi connectivity index (χ2n) is 4.87. The van der Waals surface area contributed by atoms with Crippen LogP contribution in [0.1, 0.15) is 0 Å². The molecule has 0 saturated heterocycles. The Morgan fingerprint density at radius 3 is 2.83 bits per heavy atom. The smallest absolute Gasteiger partial charge is 0.247 e. The lowest BCUT2D eigenvalue weighted by molar-refractivity contribution is 0.177. The van der Waals surface area contributed by atoms with Crippen LogP contribution in [0.4, 0.5) is 18.9 Å². The highest BCUT2D eigenvalue weighted by molar-refractivity contribution is 7.99. The van der Waals surface area contributed by atoms with Crippen molar-refractivity contribution in [2.24, 2.45) is 0 Å². The Balaban J connectivity index is 2.06. The van der Waals surface area contributed by atoms with E-state index in [1.807, 2.05) is 0 Å². The lowest BCUT2D eigenvalue weighted by atomic mass is 10.2. The first-order valence-corrected chi connectivity index (χ1v) is 7.93. The van der Waals surface area contributed by atoms with Gasteiger partial charge in [-0.2, -0.15) is 0 Å². The number of ether oxygens (including phenoxy) is 1. The molecule has 0 fully saturated rings. The van der Waals surface area contributed by atoms with Gasteiger partial charge in [-0.3, -0.25) is 0 Å². The normalized spacial score (nSPS) is 11.0. The summed E-state index contributed by atoms with van der Waals surface area (Å²) in [5, 5.41) is 0.610. The molecule has 0 aliphatic heterocycles. The van der Waals surface area contributed by atoms with E-state index in [-0.39, 0.29) is 11.5 Å². The molecule has 0 aliphatic rings. The van der Waals surface area contributed by atoms with Gasteiger partial charge in [-0.1, -0.05) is 12.1 Å². The van der Waals surface area contributed by atoms with Crippen molar-refractivity contribution in [3.8, 4) is 11.5 Å². The molecule has 3 nitrogen and oxygen atoms in total. The van der Waals surface area contributed by atoms with Gasteiger partial charge < -0.3 is 9.72 Å². The zero-order valence-electron chi connectivity index (χ0n) is 12.2. The fourth-order valence-electron chi connectivity index (χ4n) is 2.24. The Hall–Kier alpha value is -2.59. The first kappa shape index (κ1) is 16.3. The number of benzene rings is 2. The maximum absolute atomic E-state index is 14.4. The van der Waals surface area contributed by atoms with Gasteiger partial charge in [0.05, 0.1) is 17.2 Å². The first-order chi connectivity index (χ1) is 11.6. The van der Waals surface area contributed by atoms with Crippen LogP contribution < -0.4 is 4.74 Å². The number of aromatic amines is 1. The van der Waals surface area contributed by atoms with Crippen molar-refractivity contribution in [2.45, 2.75) is 11.3 Å². The number of nitrogens with one attached hydrogen (secondary N) is 1. The Morgan fingerprint density at radius 1 is 1.25 bits per heavy atom. The first-order valence-electron chi connectivity index (χ1n) is 6.94. The van der Waals surface area contributed by atoms with Crippen LogP contribution in [0.2, 0.25) is 0 Å². The van der Waals surface area contributed by atoms with Crippen LogP contribution in [0, 0.1) is 12.4 Å². The van der Waals surface area contributed by atoms with Crippen LogP contribution in [0.15, 0.2) is 47.5 Å². The van der Waals surface area contributed by atoms with Gasteiger partial charge in [-0.05, 0) is 18.2 Å². The van der Waals surface area contributed by atoms with Crippen LogP contribution >= 0.6 is 11.8 Å². The fraction of sp³-hybridized carbons (Fsp3) is 0.118. The molecular weight excluding hydrogens is 337 g/mol. The predicted molar refractivity (Wildman–Crippen MR) is 87.8 cm³/mol. The summed E-state index contributed by atoms with van der Waals surface area (Å²) in [5.41, 5.74) is 0.851. The fourth-order valence-corrected chi connectivity index (χ4v) is 3.14. The molecule has 3 aromatic rings. The van der Waals surface area contributed by atoms with Crippen LogP contribution in [0.3, 0.4) is 0 Å². The van der Waals surface area contributed by atoms with E-state index < -0.39 is 18.0 Å². The van der Waals surface area contributed by atoms with Gasteiger partial charge in [-0.25, -0.2) is 18.0 Å². The highest BCUT2D eigenvalue weighted by Crippen LogP contribution is 2.41. The van der Waals surface area contributed by atoms with Crippen molar-refractivity contribution in [1.82, 2.24) is 4.98 Å². The molecule has 1 aromatic heterocycles. The minimum absolute atomic E-state index is 0.116. The number of fused-ring (bicyclic) bond motifs is 1. The van der Waals surface area contributed by atoms with Crippen LogP contribution in [0.25, 0.3) is 15.7 Å². The summed E-state index contributed by atoms with van der Waals surface area (Å²) in [6, 6.07) is 9.20. The summed E-state index contributed by atoms with van der Waals surface area (Å²) >= 11 is 0.837. The van der Waals surface area contributed by atoms with E-state index in [0.717, 1.165) is 11.8 Å². The maximum Gasteiger partial charge on any atom is 0.247 e. The van der Waals surface area contributed by atoms with Gasteiger partial charge in [0.25, 0.3) is 0 Å². The molecule has 0 aliphatic carbocycles. The van der Waals surface area contributed by atoms with E-state index in [2.05, 4.69) is 9.83 Å².